The van der Waals surface area contributed by atoms with Crippen molar-refractivity contribution in [3.63, 3.8) is 0 Å². The van der Waals surface area contributed by atoms with Gasteiger partial charge in [-0.3, -0.25) is 4.79 Å². The molecule has 33 heavy (non-hydrogen) atoms. The van der Waals surface area contributed by atoms with Crippen molar-refractivity contribution in [2.24, 2.45) is 0 Å². The van der Waals surface area contributed by atoms with Gasteiger partial charge in [0.25, 0.3) is 5.91 Å². The SMILES string of the molecule is COc1ccc(OC)c(-c2cc(C(=O)Nc3ccccc3C(F)(F)F)c3ccccc3n2)c1. The summed E-state index contributed by atoms with van der Waals surface area (Å²) in [5, 5.41) is 2.92. The lowest BCUT2D eigenvalue weighted by atomic mass is 10.0. The molecule has 5 nitrogen and oxygen atoms in total. The quantitative estimate of drug-likeness (QED) is 0.392. The number of ether oxygens (including phenoxy) is 2. The van der Waals surface area contributed by atoms with Crippen molar-refractivity contribution >= 4 is 22.5 Å². The van der Waals surface area contributed by atoms with Crippen molar-refractivity contribution < 1.29 is 27.4 Å². The molecule has 0 fully saturated rings. The van der Waals surface area contributed by atoms with Gasteiger partial charge in [-0.15, -0.1) is 0 Å². The van der Waals surface area contributed by atoms with E-state index in [2.05, 4.69) is 10.3 Å². The molecule has 4 rings (SSSR count). The van der Waals surface area contributed by atoms with E-state index in [-0.39, 0.29) is 11.3 Å². The molecular weight excluding hydrogens is 433 g/mol. The van der Waals surface area contributed by atoms with Gasteiger partial charge in [0.05, 0.1) is 42.2 Å². The van der Waals surface area contributed by atoms with E-state index >= 15 is 0 Å². The van der Waals surface area contributed by atoms with Crippen LogP contribution in [0.25, 0.3) is 22.2 Å². The van der Waals surface area contributed by atoms with Gasteiger partial charge in [0.1, 0.15) is 11.5 Å². The van der Waals surface area contributed by atoms with Gasteiger partial charge in [0.2, 0.25) is 0 Å². The van der Waals surface area contributed by atoms with Crippen LogP contribution in [0.5, 0.6) is 11.5 Å². The van der Waals surface area contributed by atoms with Crippen molar-refractivity contribution in [2.75, 3.05) is 19.5 Å². The van der Waals surface area contributed by atoms with Gasteiger partial charge >= 0.3 is 6.18 Å². The highest BCUT2D eigenvalue weighted by atomic mass is 19.4. The first kappa shape index (κ1) is 22.1. The first-order valence-electron chi connectivity index (χ1n) is 9.91. The second-order valence-electron chi connectivity index (χ2n) is 7.14. The van der Waals surface area contributed by atoms with Crippen LogP contribution in [0.3, 0.4) is 0 Å². The highest BCUT2D eigenvalue weighted by Crippen LogP contribution is 2.36. The predicted molar refractivity (Wildman–Crippen MR) is 120 cm³/mol. The number of aromatic nitrogens is 1. The molecule has 0 radical (unpaired) electrons. The maximum Gasteiger partial charge on any atom is 0.418 e. The Morgan fingerprint density at radius 2 is 1.64 bits per heavy atom. The lowest BCUT2D eigenvalue weighted by molar-refractivity contribution is -0.136. The molecule has 0 bridgehead atoms. The largest absolute Gasteiger partial charge is 0.497 e. The Morgan fingerprint density at radius 1 is 0.909 bits per heavy atom. The second kappa shape index (κ2) is 8.82. The molecule has 0 aliphatic heterocycles. The summed E-state index contributed by atoms with van der Waals surface area (Å²) < 4.78 is 51.0. The summed E-state index contributed by atoms with van der Waals surface area (Å²) in [6.45, 7) is 0. The first-order chi connectivity index (χ1) is 15.8. The van der Waals surface area contributed by atoms with Crippen molar-refractivity contribution in [1.82, 2.24) is 4.98 Å². The van der Waals surface area contributed by atoms with Crippen molar-refractivity contribution in [3.05, 3.63) is 83.9 Å². The fraction of sp³-hybridized carbons (Fsp3) is 0.120. The minimum atomic E-state index is -4.61. The topological polar surface area (TPSA) is 60.5 Å². The van der Waals surface area contributed by atoms with Crippen molar-refractivity contribution in [3.8, 4) is 22.8 Å². The van der Waals surface area contributed by atoms with Crippen LogP contribution in [0.1, 0.15) is 15.9 Å². The molecule has 8 heteroatoms. The normalized spacial score (nSPS) is 11.3. The number of amides is 1. The van der Waals surface area contributed by atoms with E-state index in [4.69, 9.17) is 9.47 Å². The number of rotatable bonds is 5. The Kier molecular flexibility index (Phi) is 5.91. The molecule has 4 aromatic rings. The van der Waals surface area contributed by atoms with E-state index in [0.29, 0.717) is 33.7 Å². The molecule has 0 unspecified atom stereocenters. The van der Waals surface area contributed by atoms with E-state index in [1.165, 1.54) is 38.5 Å². The third-order valence-electron chi connectivity index (χ3n) is 5.12. The van der Waals surface area contributed by atoms with Crippen LogP contribution in [0, 0.1) is 0 Å². The van der Waals surface area contributed by atoms with Crippen LogP contribution < -0.4 is 14.8 Å². The number of para-hydroxylation sites is 2. The maximum atomic E-state index is 13.4. The van der Waals surface area contributed by atoms with E-state index in [1.54, 1.807) is 42.5 Å². The zero-order valence-corrected chi connectivity index (χ0v) is 17.7. The highest BCUT2D eigenvalue weighted by Gasteiger charge is 2.33. The molecule has 1 heterocycles. The molecule has 0 atom stereocenters. The number of fused-ring (bicyclic) bond motifs is 1. The number of nitrogens with one attached hydrogen (secondary N) is 1. The third-order valence-corrected chi connectivity index (χ3v) is 5.12. The summed E-state index contributed by atoms with van der Waals surface area (Å²) in [6.07, 6.45) is -4.61. The van der Waals surface area contributed by atoms with Gasteiger partial charge in [0, 0.05) is 10.9 Å². The third kappa shape index (κ3) is 4.45. The molecule has 3 aromatic carbocycles. The summed E-state index contributed by atoms with van der Waals surface area (Å²) in [7, 11) is 3.03. The number of nitrogens with zero attached hydrogens (tertiary/aromatic N) is 1. The predicted octanol–water partition coefficient (Wildman–Crippen LogP) is 6.19. The number of alkyl halides is 3. The Labute approximate surface area is 187 Å². The number of methoxy groups -OCH3 is 2. The van der Waals surface area contributed by atoms with Crippen LogP contribution in [0.2, 0.25) is 0 Å². The number of halogens is 3. The second-order valence-corrected chi connectivity index (χ2v) is 7.14. The number of anilines is 1. The van der Waals surface area contributed by atoms with Gasteiger partial charge < -0.3 is 14.8 Å². The molecule has 0 saturated heterocycles. The summed E-state index contributed by atoms with van der Waals surface area (Å²) in [5.41, 5.74) is 0.431. The molecule has 1 amide bonds. The summed E-state index contributed by atoms with van der Waals surface area (Å²) >= 11 is 0. The number of pyridine rings is 1. The molecule has 0 aliphatic carbocycles. The Hall–Kier alpha value is -4.07. The standard InChI is InChI=1S/C25H19F3N2O3/c1-32-15-11-12-23(33-2)18(13-15)22-14-17(16-7-3-5-9-20(16)29-22)24(31)30-21-10-6-4-8-19(21)25(26,27)28/h3-14H,1-2H3,(H,30,31). The van der Waals surface area contributed by atoms with Gasteiger partial charge in [-0.05, 0) is 42.5 Å². The monoisotopic (exact) mass is 452 g/mol. The van der Waals surface area contributed by atoms with Crippen molar-refractivity contribution in [2.45, 2.75) is 6.18 Å². The smallest absolute Gasteiger partial charge is 0.418 e. The van der Waals surface area contributed by atoms with E-state index < -0.39 is 17.6 Å². The minimum Gasteiger partial charge on any atom is -0.497 e. The fourth-order valence-corrected chi connectivity index (χ4v) is 3.54. The first-order valence-corrected chi connectivity index (χ1v) is 9.91. The van der Waals surface area contributed by atoms with Gasteiger partial charge in [-0.2, -0.15) is 13.2 Å². The summed E-state index contributed by atoms with van der Waals surface area (Å²) in [6, 6.07) is 18.5. The molecule has 168 valence electrons. The zero-order valence-electron chi connectivity index (χ0n) is 17.7. The van der Waals surface area contributed by atoms with Gasteiger partial charge in [-0.25, -0.2) is 4.98 Å². The van der Waals surface area contributed by atoms with Gasteiger partial charge in [-0.1, -0.05) is 30.3 Å². The average molecular weight is 452 g/mol. The molecule has 0 aliphatic rings. The lowest BCUT2D eigenvalue weighted by Gasteiger charge is -2.15. The van der Waals surface area contributed by atoms with E-state index in [1.807, 2.05) is 0 Å². The average Bonchev–Trinajstić information content (AvgIpc) is 2.82. The minimum absolute atomic E-state index is 0.178. The highest BCUT2D eigenvalue weighted by molar-refractivity contribution is 6.13. The molecule has 0 spiro atoms. The number of hydrogen-bond donors (Lipinski definition) is 1. The fourth-order valence-electron chi connectivity index (χ4n) is 3.54. The number of hydrogen-bond acceptors (Lipinski definition) is 4. The van der Waals surface area contributed by atoms with Gasteiger partial charge in [0.15, 0.2) is 0 Å². The Bertz CT molecular complexity index is 1340. The maximum absolute atomic E-state index is 13.4. The lowest BCUT2D eigenvalue weighted by Crippen LogP contribution is -2.17. The Morgan fingerprint density at radius 3 is 2.36 bits per heavy atom. The van der Waals surface area contributed by atoms with Crippen LogP contribution in [-0.2, 0) is 6.18 Å². The number of carbonyl (C=O) groups excluding carboxylic acids is 1. The molecule has 1 N–H and O–H groups in total. The van der Waals surface area contributed by atoms with Crippen molar-refractivity contribution in [1.29, 1.82) is 0 Å². The number of benzene rings is 3. The summed E-state index contributed by atoms with van der Waals surface area (Å²) in [4.78, 5) is 17.8. The number of carbonyl (C=O) groups is 1. The zero-order chi connectivity index (χ0) is 23.6. The van der Waals surface area contributed by atoms with Crippen LogP contribution in [0.15, 0.2) is 72.8 Å². The van der Waals surface area contributed by atoms with E-state index in [0.717, 1.165) is 6.07 Å². The molecule has 1 aromatic heterocycles. The van der Waals surface area contributed by atoms with Crippen LogP contribution in [0.4, 0.5) is 18.9 Å². The summed E-state index contributed by atoms with van der Waals surface area (Å²) in [5.74, 6) is 0.381. The van der Waals surface area contributed by atoms with Crippen LogP contribution in [-0.4, -0.2) is 25.1 Å². The Balaban J connectivity index is 1.85. The molecule has 0 saturated carbocycles. The van der Waals surface area contributed by atoms with E-state index in [9.17, 15) is 18.0 Å². The molecular formula is C25H19F3N2O3. The van der Waals surface area contributed by atoms with Crippen LogP contribution >= 0.6 is 0 Å².